The van der Waals surface area contributed by atoms with Gasteiger partial charge in [-0.05, 0) is 26.1 Å². The lowest BCUT2D eigenvalue weighted by Crippen LogP contribution is -2.30. The van der Waals surface area contributed by atoms with Crippen molar-refractivity contribution in [3.05, 3.63) is 18.2 Å². The zero-order valence-electron chi connectivity index (χ0n) is 11.9. The highest BCUT2D eigenvalue weighted by Gasteiger charge is 2.08. The van der Waals surface area contributed by atoms with E-state index < -0.39 is 0 Å². The molecule has 1 aromatic heterocycles. The lowest BCUT2D eigenvalue weighted by atomic mass is 10.3. The van der Waals surface area contributed by atoms with Gasteiger partial charge in [0.25, 0.3) is 5.91 Å². The molecule has 0 spiro atoms. The molecule has 0 saturated heterocycles. The van der Waals surface area contributed by atoms with Crippen LogP contribution in [0.15, 0.2) is 12.5 Å². The standard InChI is InChI=1S/C13H25N5O/c1-3-17(4-2)8-5-7-15-13(19)12-10-18(9-6-14)11-16-12/h10-11H,3-9,14H2,1-2H3,(H,15,19). The number of hydrogen-bond acceptors (Lipinski definition) is 4. The maximum atomic E-state index is 11.8. The van der Waals surface area contributed by atoms with Crippen LogP contribution in [0.25, 0.3) is 0 Å². The molecule has 0 aliphatic rings. The van der Waals surface area contributed by atoms with Gasteiger partial charge in [0.2, 0.25) is 0 Å². The van der Waals surface area contributed by atoms with Crippen molar-refractivity contribution < 1.29 is 4.79 Å². The molecule has 19 heavy (non-hydrogen) atoms. The van der Waals surface area contributed by atoms with Gasteiger partial charge in [-0.3, -0.25) is 4.79 Å². The Labute approximate surface area is 115 Å². The molecule has 1 heterocycles. The molecule has 0 aliphatic heterocycles. The van der Waals surface area contributed by atoms with Crippen LogP contribution in [0.3, 0.4) is 0 Å². The Hall–Kier alpha value is -1.40. The zero-order valence-corrected chi connectivity index (χ0v) is 11.9. The molecule has 1 amide bonds. The average Bonchev–Trinajstić information content (AvgIpc) is 2.88. The largest absolute Gasteiger partial charge is 0.351 e. The first kappa shape index (κ1) is 15.7. The van der Waals surface area contributed by atoms with Gasteiger partial charge in [-0.15, -0.1) is 0 Å². The SMILES string of the molecule is CCN(CC)CCCNC(=O)c1cn(CCN)cn1. The van der Waals surface area contributed by atoms with Crippen LogP contribution in [-0.4, -0.2) is 53.1 Å². The third-order valence-corrected chi connectivity index (χ3v) is 3.08. The second kappa shape index (κ2) is 8.66. The first-order chi connectivity index (χ1) is 9.21. The van der Waals surface area contributed by atoms with Crippen molar-refractivity contribution in [1.82, 2.24) is 19.8 Å². The first-order valence-electron chi connectivity index (χ1n) is 6.93. The summed E-state index contributed by atoms with van der Waals surface area (Å²) in [5.41, 5.74) is 5.90. The monoisotopic (exact) mass is 267 g/mol. The van der Waals surface area contributed by atoms with Gasteiger partial charge in [0, 0.05) is 25.8 Å². The van der Waals surface area contributed by atoms with E-state index in [0.29, 0.717) is 25.3 Å². The minimum Gasteiger partial charge on any atom is -0.351 e. The lowest BCUT2D eigenvalue weighted by Gasteiger charge is -2.17. The zero-order chi connectivity index (χ0) is 14.1. The quantitative estimate of drug-likeness (QED) is 0.631. The molecule has 108 valence electrons. The summed E-state index contributed by atoms with van der Waals surface area (Å²) in [7, 11) is 0. The highest BCUT2D eigenvalue weighted by Crippen LogP contribution is 1.96. The van der Waals surface area contributed by atoms with Crippen molar-refractivity contribution in [3.8, 4) is 0 Å². The molecule has 0 aromatic carbocycles. The van der Waals surface area contributed by atoms with Gasteiger partial charge in [0.1, 0.15) is 5.69 Å². The Bertz CT molecular complexity index is 373. The van der Waals surface area contributed by atoms with E-state index in [0.717, 1.165) is 26.1 Å². The van der Waals surface area contributed by atoms with E-state index >= 15 is 0 Å². The van der Waals surface area contributed by atoms with Crippen molar-refractivity contribution >= 4 is 5.91 Å². The third kappa shape index (κ3) is 5.40. The predicted molar refractivity (Wildman–Crippen MR) is 76.0 cm³/mol. The summed E-state index contributed by atoms with van der Waals surface area (Å²) in [5, 5.41) is 2.89. The molecule has 1 aromatic rings. The van der Waals surface area contributed by atoms with Crippen LogP contribution in [0.2, 0.25) is 0 Å². The Balaban J connectivity index is 2.26. The first-order valence-corrected chi connectivity index (χ1v) is 6.93. The molecule has 0 atom stereocenters. The number of rotatable bonds is 9. The predicted octanol–water partition coefficient (Wildman–Crippen LogP) is 0.304. The average molecular weight is 267 g/mol. The number of imidazole rings is 1. The molecule has 0 bridgehead atoms. The van der Waals surface area contributed by atoms with Crippen molar-refractivity contribution in [3.63, 3.8) is 0 Å². The molecule has 0 saturated carbocycles. The molecule has 6 heteroatoms. The number of hydrogen-bond donors (Lipinski definition) is 2. The summed E-state index contributed by atoms with van der Waals surface area (Å²) in [6.07, 6.45) is 4.32. The van der Waals surface area contributed by atoms with Gasteiger partial charge >= 0.3 is 0 Å². The molecule has 6 nitrogen and oxygen atoms in total. The van der Waals surface area contributed by atoms with Crippen LogP contribution in [0.4, 0.5) is 0 Å². The molecular formula is C13H25N5O. The summed E-state index contributed by atoms with van der Waals surface area (Å²) in [4.78, 5) is 18.2. The number of carbonyl (C=O) groups excluding carboxylic acids is 1. The molecule has 0 radical (unpaired) electrons. The van der Waals surface area contributed by atoms with E-state index in [-0.39, 0.29) is 5.91 Å². The van der Waals surface area contributed by atoms with Crippen LogP contribution in [0.5, 0.6) is 0 Å². The van der Waals surface area contributed by atoms with Gasteiger partial charge in [-0.1, -0.05) is 13.8 Å². The molecular weight excluding hydrogens is 242 g/mol. The summed E-state index contributed by atoms with van der Waals surface area (Å²) in [6.45, 7) is 9.30. The highest BCUT2D eigenvalue weighted by molar-refractivity contribution is 5.91. The van der Waals surface area contributed by atoms with Gasteiger partial charge in [-0.25, -0.2) is 4.98 Å². The van der Waals surface area contributed by atoms with E-state index in [1.807, 2.05) is 4.57 Å². The molecule has 3 N–H and O–H groups in total. The van der Waals surface area contributed by atoms with E-state index in [2.05, 4.69) is 29.0 Å². The van der Waals surface area contributed by atoms with E-state index in [4.69, 9.17) is 5.73 Å². The smallest absolute Gasteiger partial charge is 0.271 e. The summed E-state index contributed by atoms with van der Waals surface area (Å²) >= 11 is 0. The normalized spacial score (nSPS) is 10.9. The number of nitrogens with two attached hydrogens (primary N) is 1. The third-order valence-electron chi connectivity index (χ3n) is 3.08. The van der Waals surface area contributed by atoms with E-state index in [9.17, 15) is 4.79 Å². The highest BCUT2D eigenvalue weighted by atomic mass is 16.1. The minimum atomic E-state index is -0.115. The number of carbonyl (C=O) groups is 1. The summed E-state index contributed by atoms with van der Waals surface area (Å²) < 4.78 is 1.82. The number of aromatic nitrogens is 2. The summed E-state index contributed by atoms with van der Waals surface area (Å²) in [6, 6.07) is 0. The van der Waals surface area contributed by atoms with Crippen molar-refractivity contribution in [1.29, 1.82) is 0 Å². The summed E-state index contributed by atoms with van der Waals surface area (Å²) in [5.74, 6) is -0.115. The van der Waals surface area contributed by atoms with Crippen LogP contribution in [-0.2, 0) is 6.54 Å². The lowest BCUT2D eigenvalue weighted by molar-refractivity contribution is 0.0947. The fraction of sp³-hybridized carbons (Fsp3) is 0.692. The van der Waals surface area contributed by atoms with Gasteiger partial charge < -0.3 is 20.5 Å². The van der Waals surface area contributed by atoms with Gasteiger partial charge in [0.15, 0.2) is 0 Å². The van der Waals surface area contributed by atoms with E-state index in [1.54, 1.807) is 12.5 Å². The Morgan fingerprint density at radius 1 is 1.47 bits per heavy atom. The second-order valence-electron chi connectivity index (χ2n) is 4.42. The number of nitrogens with one attached hydrogen (secondary N) is 1. The van der Waals surface area contributed by atoms with E-state index in [1.165, 1.54) is 0 Å². The fourth-order valence-electron chi connectivity index (χ4n) is 1.88. The van der Waals surface area contributed by atoms with Crippen molar-refractivity contribution in [2.24, 2.45) is 5.73 Å². The number of amides is 1. The van der Waals surface area contributed by atoms with Gasteiger partial charge in [0.05, 0.1) is 6.33 Å². The fourth-order valence-corrected chi connectivity index (χ4v) is 1.88. The van der Waals surface area contributed by atoms with Crippen LogP contribution in [0, 0.1) is 0 Å². The molecule has 1 rings (SSSR count). The molecule has 0 aliphatic carbocycles. The van der Waals surface area contributed by atoms with Crippen LogP contribution < -0.4 is 11.1 Å². The maximum Gasteiger partial charge on any atom is 0.271 e. The topological polar surface area (TPSA) is 76.2 Å². The van der Waals surface area contributed by atoms with Crippen LogP contribution in [0.1, 0.15) is 30.8 Å². The van der Waals surface area contributed by atoms with Crippen molar-refractivity contribution in [2.75, 3.05) is 32.7 Å². The Kier molecular flexibility index (Phi) is 7.14. The molecule has 0 unspecified atom stereocenters. The minimum absolute atomic E-state index is 0.115. The Morgan fingerprint density at radius 3 is 2.84 bits per heavy atom. The second-order valence-corrected chi connectivity index (χ2v) is 4.42. The van der Waals surface area contributed by atoms with Crippen molar-refractivity contribution in [2.45, 2.75) is 26.8 Å². The maximum absolute atomic E-state index is 11.8. The van der Waals surface area contributed by atoms with Crippen LogP contribution >= 0.6 is 0 Å². The van der Waals surface area contributed by atoms with Gasteiger partial charge in [-0.2, -0.15) is 0 Å². The number of nitrogens with zero attached hydrogens (tertiary/aromatic N) is 3. The Morgan fingerprint density at radius 2 is 2.21 bits per heavy atom. The molecule has 0 fully saturated rings.